The van der Waals surface area contributed by atoms with E-state index in [0.717, 1.165) is 5.39 Å². The molecule has 0 radical (unpaired) electrons. The van der Waals surface area contributed by atoms with Crippen LogP contribution in [0.15, 0.2) is 30.3 Å². The van der Waals surface area contributed by atoms with Crippen molar-refractivity contribution in [2.75, 3.05) is 5.32 Å². The van der Waals surface area contributed by atoms with E-state index in [0.29, 0.717) is 11.1 Å². The molecule has 1 aromatic heterocycles. The van der Waals surface area contributed by atoms with E-state index in [-0.39, 0.29) is 5.82 Å². The first-order valence-corrected chi connectivity index (χ1v) is 6.19. The van der Waals surface area contributed by atoms with Gasteiger partial charge >= 0.3 is 6.09 Å². The molecule has 0 saturated heterocycles. The molecule has 1 aromatic carbocycles. The van der Waals surface area contributed by atoms with E-state index in [9.17, 15) is 4.79 Å². The van der Waals surface area contributed by atoms with Gasteiger partial charge in [0.05, 0.1) is 11.1 Å². The number of fused-ring (bicyclic) bond motifs is 1. The number of benzene rings is 1. The molecule has 0 unspecified atom stereocenters. The van der Waals surface area contributed by atoms with Crippen molar-refractivity contribution in [1.29, 1.82) is 5.26 Å². The monoisotopic (exact) mass is 269 g/mol. The van der Waals surface area contributed by atoms with E-state index >= 15 is 0 Å². The molecule has 2 aromatic rings. The molecule has 1 N–H and O–H groups in total. The van der Waals surface area contributed by atoms with Crippen molar-refractivity contribution < 1.29 is 9.53 Å². The second kappa shape index (κ2) is 5.17. The molecule has 20 heavy (non-hydrogen) atoms. The summed E-state index contributed by atoms with van der Waals surface area (Å²) >= 11 is 0. The lowest BCUT2D eigenvalue weighted by Gasteiger charge is -2.19. The van der Waals surface area contributed by atoms with Gasteiger partial charge in [0.1, 0.15) is 11.7 Å². The Bertz CT molecular complexity index is 696. The number of rotatable bonds is 1. The Morgan fingerprint density at radius 1 is 1.35 bits per heavy atom. The van der Waals surface area contributed by atoms with Gasteiger partial charge in [0.2, 0.25) is 0 Å². The lowest BCUT2D eigenvalue weighted by molar-refractivity contribution is 0.0635. The van der Waals surface area contributed by atoms with E-state index in [1.54, 1.807) is 26.8 Å². The molecule has 1 heterocycles. The molecule has 0 aliphatic carbocycles. The van der Waals surface area contributed by atoms with Gasteiger partial charge in [0.25, 0.3) is 0 Å². The first-order chi connectivity index (χ1) is 9.39. The minimum atomic E-state index is -0.628. The summed E-state index contributed by atoms with van der Waals surface area (Å²) in [4.78, 5) is 16.0. The predicted octanol–water partition coefficient (Wildman–Crippen LogP) is 3.45. The highest BCUT2D eigenvalue weighted by atomic mass is 16.6. The minimum Gasteiger partial charge on any atom is -0.444 e. The molecule has 0 bridgehead atoms. The molecule has 2 rings (SSSR count). The topological polar surface area (TPSA) is 75.0 Å². The number of hydrogen-bond acceptors (Lipinski definition) is 4. The molecular weight excluding hydrogens is 254 g/mol. The number of carbonyl (C=O) groups is 1. The van der Waals surface area contributed by atoms with E-state index in [1.165, 1.54) is 0 Å². The predicted molar refractivity (Wildman–Crippen MR) is 76.3 cm³/mol. The van der Waals surface area contributed by atoms with Crippen molar-refractivity contribution in [3.8, 4) is 6.07 Å². The fraction of sp³-hybridized carbons (Fsp3) is 0.267. The van der Waals surface area contributed by atoms with E-state index in [2.05, 4.69) is 10.3 Å². The highest BCUT2D eigenvalue weighted by Crippen LogP contribution is 2.20. The normalized spacial score (nSPS) is 10.9. The molecule has 0 fully saturated rings. The van der Waals surface area contributed by atoms with Crippen molar-refractivity contribution in [2.45, 2.75) is 26.4 Å². The van der Waals surface area contributed by atoms with Gasteiger partial charge in [0, 0.05) is 5.39 Å². The Balaban J connectivity index is 2.34. The molecule has 1 amide bonds. The molecule has 0 aliphatic rings. The van der Waals surface area contributed by atoms with Crippen LogP contribution in [0.5, 0.6) is 0 Å². The van der Waals surface area contributed by atoms with Crippen molar-refractivity contribution >= 4 is 22.8 Å². The summed E-state index contributed by atoms with van der Waals surface area (Å²) in [5.41, 5.74) is 0.403. The maximum Gasteiger partial charge on any atom is 0.413 e. The zero-order chi connectivity index (χ0) is 14.8. The molecule has 5 nitrogen and oxygen atoms in total. The van der Waals surface area contributed by atoms with Gasteiger partial charge in [-0.15, -0.1) is 0 Å². The largest absolute Gasteiger partial charge is 0.444 e. The summed E-state index contributed by atoms with van der Waals surface area (Å²) in [5, 5.41) is 12.5. The first-order valence-electron chi connectivity index (χ1n) is 6.19. The van der Waals surface area contributed by atoms with Gasteiger partial charge in [-0.05, 0) is 32.9 Å². The van der Waals surface area contributed by atoms with Gasteiger partial charge in [-0.2, -0.15) is 5.26 Å². The SMILES string of the molecule is CC(C)(C)OC(=O)Nc1nc2ccccc2cc1C#N. The van der Waals surface area contributed by atoms with Crippen LogP contribution in [0.1, 0.15) is 26.3 Å². The number of aromatic nitrogens is 1. The lowest BCUT2D eigenvalue weighted by Crippen LogP contribution is -2.27. The summed E-state index contributed by atoms with van der Waals surface area (Å²) in [5.74, 6) is 0.209. The quantitative estimate of drug-likeness (QED) is 0.860. The second-order valence-corrected chi connectivity index (χ2v) is 5.32. The average Bonchev–Trinajstić information content (AvgIpc) is 2.35. The summed E-state index contributed by atoms with van der Waals surface area (Å²) < 4.78 is 5.15. The number of nitrogens with zero attached hydrogens (tertiary/aromatic N) is 2. The van der Waals surface area contributed by atoms with E-state index in [1.807, 2.05) is 30.3 Å². The van der Waals surface area contributed by atoms with Crippen molar-refractivity contribution in [3.05, 3.63) is 35.9 Å². The second-order valence-electron chi connectivity index (χ2n) is 5.32. The Labute approximate surface area is 117 Å². The van der Waals surface area contributed by atoms with Crippen LogP contribution in [0.25, 0.3) is 10.9 Å². The highest BCUT2D eigenvalue weighted by molar-refractivity contribution is 5.89. The number of nitriles is 1. The fourth-order valence-electron chi connectivity index (χ4n) is 1.70. The summed E-state index contributed by atoms with van der Waals surface area (Å²) in [6.07, 6.45) is -0.628. The van der Waals surface area contributed by atoms with Crippen LogP contribution in [0.2, 0.25) is 0 Å². The molecule has 0 spiro atoms. The molecular formula is C15H15N3O2. The van der Waals surface area contributed by atoms with E-state index < -0.39 is 11.7 Å². The van der Waals surface area contributed by atoms with Gasteiger partial charge in [-0.1, -0.05) is 18.2 Å². The summed E-state index contributed by atoms with van der Waals surface area (Å²) in [6, 6.07) is 11.1. The third-order valence-electron chi connectivity index (χ3n) is 2.46. The summed E-state index contributed by atoms with van der Waals surface area (Å²) in [7, 11) is 0. The van der Waals surface area contributed by atoms with Crippen LogP contribution in [0.3, 0.4) is 0 Å². The van der Waals surface area contributed by atoms with E-state index in [4.69, 9.17) is 10.00 Å². The summed E-state index contributed by atoms with van der Waals surface area (Å²) in [6.45, 7) is 5.31. The van der Waals surface area contributed by atoms with Gasteiger partial charge < -0.3 is 4.74 Å². The van der Waals surface area contributed by atoms with Gasteiger partial charge in [-0.3, -0.25) is 5.32 Å². The average molecular weight is 269 g/mol. The van der Waals surface area contributed by atoms with Gasteiger partial charge in [-0.25, -0.2) is 9.78 Å². The Hall–Kier alpha value is -2.61. The lowest BCUT2D eigenvalue weighted by atomic mass is 10.1. The fourth-order valence-corrected chi connectivity index (χ4v) is 1.70. The number of carbonyl (C=O) groups excluding carboxylic acids is 1. The molecule has 0 atom stereocenters. The molecule has 0 saturated carbocycles. The minimum absolute atomic E-state index is 0.209. The van der Waals surface area contributed by atoms with Crippen molar-refractivity contribution in [1.82, 2.24) is 4.98 Å². The third-order valence-corrected chi connectivity index (χ3v) is 2.46. The Morgan fingerprint density at radius 2 is 2.05 bits per heavy atom. The van der Waals surface area contributed by atoms with Crippen LogP contribution >= 0.6 is 0 Å². The van der Waals surface area contributed by atoms with Crippen LogP contribution in [0.4, 0.5) is 10.6 Å². The number of ether oxygens (including phenoxy) is 1. The molecule has 102 valence electrons. The number of hydrogen-bond donors (Lipinski definition) is 1. The molecule has 5 heteroatoms. The van der Waals surface area contributed by atoms with Crippen molar-refractivity contribution in [2.24, 2.45) is 0 Å². The van der Waals surface area contributed by atoms with Crippen LogP contribution in [-0.2, 0) is 4.74 Å². The smallest absolute Gasteiger partial charge is 0.413 e. The maximum absolute atomic E-state index is 11.7. The number of nitrogens with one attached hydrogen (secondary N) is 1. The third kappa shape index (κ3) is 3.23. The Morgan fingerprint density at radius 3 is 2.70 bits per heavy atom. The van der Waals surface area contributed by atoms with Crippen LogP contribution < -0.4 is 5.32 Å². The van der Waals surface area contributed by atoms with Crippen molar-refractivity contribution in [3.63, 3.8) is 0 Å². The zero-order valence-electron chi connectivity index (χ0n) is 11.6. The number of amides is 1. The zero-order valence-corrected chi connectivity index (χ0v) is 11.6. The first kappa shape index (κ1) is 13.8. The maximum atomic E-state index is 11.7. The number of anilines is 1. The van der Waals surface area contributed by atoms with Crippen LogP contribution in [-0.4, -0.2) is 16.7 Å². The Kier molecular flexibility index (Phi) is 3.57. The number of pyridine rings is 1. The molecule has 0 aliphatic heterocycles. The highest BCUT2D eigenvalue weighted by Gasteiger charge is 2.18. The number of para-hydroxylation sites is 1. The van der Waals surface area contributed by atoms with Gasteiger partial charge in [0.15, 0.2) is 5.82 Å². The standard InChI is InChI=1S/C15H15N3O2/c1-15(2,3)20-14(19)18-13-11(9-16)8-10-6-4-5-7-12(10)17-13/h4-8H,1-3H3,(H,17,18,19). The van der Waals surface area contributed by atoms with Crippen LogP contribution in [0, 0.1) is 11.3 Å².